The molecule has 3 aromatic rings. The molecule has 2 atom stereocenters. The molecule has 6 heteroatoms. The topological polar surface area (TPSA) is 60.5 Å². The Morgan fingerprint density at radius 1 is 1.22 bits per heavy atom. The number of nitrogens with one attached hydrogen (secondary N) is 1. The van der Waals surface area contributed by atoms with Crippen molar-refractivity contribution in [2.45, 2.75) is 19.5 Å². The van der Waals surface area contributed by atoms with E-state index in [1.807, 2.05) is 37.4 Å². The van der Waals surface area contributed by atoms with E-state index in [1.165, 1.54) is 9.60 Å². The summed E-state index contributed by atoms with van der Waals surface area (Å²) in [6, 6.07) is 15.2. The van der Waals surface area contributed by atoms with Crippen LogP contribution in [0, 0.1) is 10.1 Å². The van der Waals surface area contributed by atoms with Gasteiger partial charge < -0.3 is 4.90 Å². The first-order valence-corrected chi connectivity index (χ1v) is 8.28. The van der Waals surface area contributed by atoms with Gasteiger partial charge in [0, 0.05) is 6.07 Å². The third kappa shape index (κ3) is 3.23. The van der Waals surface area contributed by atoms with E-state index >= 15 is 0 Å². The number of quaternary nitrogens is 1. The van der Waals surface area contributed by atoms with Crippen LogP contribution in [0.2, 0.25) is 0 Å². The van der Waals surface area contributed by atoms with Crippen LogP contribution in [0.25, 0.3) is 10.2 Å². The van der Waals surface area contributed by atoms with Crippen LogP contribution in [0.1, 0.15) is 23.5 Å². The van der Waals surface area contributed by atoms with Crippen LogP contribution in [0.5, 0.6) is 0 Å². The highest BCUT2D eigenvalue weighted by Gasteiger charge is 2.23. The minimum atomic E-state index is -0.315. The smallest absolute Gasteiger partial charge is 0.278 e. The van der Waals surface area contributed by atoms with Crippen LogP contribution in [0.4, 0.5) is 5.69 Å². The fourth-order valence-electron chi connectivity index (χ4n) is 2.58. The van der Waals surface area contributed by atoms with Gasteiger partial charge in [0.2, 0.25) is 0 Å². The van der Waals surface area contributed by atoms with Gasteiger partial charge in [0.1, 0.15) is 12.6 Å². The summed E-state index contributed by atoms with van der Waals surface area (Å²) in [5, 5.41) is 12.2. The van der Waals surface area contributed by atoms with E-state index in [1.54, 1.807) is 23.5 Å². The molecule has 1 unspecified atom stereocenters. The van der Waals surface area contributed by atoms with Gasteiger partial charge in [0.15, 0.2) is 5.01 Å². The molecule has 0 amide bonds. The van der Waals surface area contributed by atoms with Crippen LogP contribution < -0.4 is 4.90 Å². The molecule has 1 N–H and O–H groups in total. The zero-order valence-corrected chi connectivity index (χ0v) is 13.8. The van der Waals surface area contributed by atoms with E-state index in [-0.39, 0.29) is 16.7 Å². The van der Waals surface area contributed by atoms with E-state index < -0.39 is 0 Å². The first-order valence-electron chi connectivity index (χ1n) is 7.46. The molecule has 1 aromatic heterocycles. The van der Waals surface area contributed by atoms with Crippen molar-refractivity contribution in [3.05, 3.63) is 69.2 Å². The van der Waals surface area contributed by atoms with Crippen molar-refractivity contribution in [2.24, 2.45) is 0 Å². The molecule has 0 spiro atoms. The highest BCUT2D eigenvalue weighted by molar-refractivity contribution is 7.18. The van der Waals surface area contributed by atoms with E-state index in [9.17, 15) is 10.1 Å². The lowest BCUT2D eigenvalue weighted by atomic mass is 10.1. The van der Waals surface area contributed by atoms with Crippen LogP contribution in [-0.4, -0.2) is 17.0 Å². The Labute approximate surface area is 138 Å². The summed E-state index contributed by atoms with van der Waals surface area (Å²) < 4.78 is 1.17. The summed E-state index contributed by atoms with van der Waals surface area (Å²) in [6.07, 6.45) is 0. The molecule has 0 fully saturated rings. The van der Waals surface area contributed by atoms with Gasteiger partial charge in [-0.2, -0.15) is 0 Å². The Hall–Kier alpha value is -2.31. The lowest BCUT2D eigenvalue weighted by Gasteiger charge is -2.19. The van der Waals surface area contributed by atoms with Gasteiger partial charge >= 0.3 is 0 Å². The van der Waals surface area contributed by atoms with E-state index in [0.717, 1.165) is 16.1 Å². The maximum absolute atomic E-state index is 11.1. The third-order valence-corrected chi connectivity index (χ3v) is 5.30. The molecule has 3 rings (SSSR count). The SMILES string of the molecule is C[C@H](c1nc2ccccc2s1)[NH+](C)Cc1ccccc1[N+](=O)[O-]. The standard InChI is InChI=1S/C17H17N3O2S/c1-12(17-18-14-8-4-6-10-16(14)23-17)19(2)11-13-7-3-5-9-15(13)20(21)22/h3-10,12H,11H2,1-2H3/p+1/t12-/m1/s1. The average molecular weight is 328 g/mol. The summed E-state index contributed by atoms with van der Waals surface area (Å²) in [6.45, 7) is 2.70. The Morgan fingerprint density at radius 2 is 1.91 bits per heavy atom. The van der Waals surface area contributed by atoms with Crippen LogP contribution >= 0.6 is 11.3 Å². The second-order valence-electron chi connectivity index (χ2n) is 5.65. The molecule has 1 heterocycles. The lowest BCUT2D eigenvalue weighted by Crippen LogP contribution is -3.07. The third-order valence-electron chi connectivity index (χ3n) is 4.08. The molecule has 2 aromatic carbocycles. The Morgan fingerprint density at radius 3 is 2.65 bits per heavy atom. The first kappa shape index (κ1) is 15.6. The minimum Gasteiger partial charge on any atom is -0.325 e. The van der Waals surface area contributed by atoms with Crippen molar-refractivity contribution in [1.82, 2.24) is 4.98 Å². The molecular weight excluding hydrogens is 310 g/mol. The second kappa shape index (κ2) is 6.44. The average Bonchev–Trinajstić information content (AvgIpc) is 2.98. The molecule has 5 nitrogen and oxygen atoms in total. The van der Waals surface area contributed by atoms with Gasteiger partial charge in [-0.3, -0.25) is 10.1 Å². The molecule has 0 aliphatic heterocycles. The number of benzene rings is 2. The van der Waals surface area contributed by atoms with Crippen molar-refractivity contribution in [3.63, 3.8) is 0 Å². The normalized spacial score (nSPS) is 13.8. The van der Waals surface area contributed by atoms with Gasteiger partial charge in [-0.25, -0.2) is 4.98 Å². The zero-order chi connectivity index (χ0) is 16.4. The highest BCUT2D eigenvalue weighted by Crippen LogP contribution is 2.25. The van der Waals surface area contributed by atoms with Gasteiger partial charge in [-0.15, -0.1) is 11.3 Å². The Bertz CT molecular complexity index is 813. The summed E-state index contributed by atoms with van der Waals surface area (Å²) in [5.74, 6) is 0. The Kier molecular flexibility index (Phi) is 4.36. The summed E-state index contributed by atoms with van der Waals surface area (Å²) in [4.78, 5) is 16.7. The molecule has 0 aliphatic rings. The molecule has 0 saturated carbocycles. The van der Waals surface area contributed by atoms with Crippen molar-refractivity contribution < 1.29 is 9.82 Å². The predicted octanol–water partition coefficient (Wildman–Crippen LogP) is 2.98. The molecule has 0 bridgehead atoms. The molecule has 0 aliphatic carbocycles. The molecule has 23 heavy (non-hydrogen) atoms. The summed E-state index contributed by atoms with van der Waals surface area (Å²) in [7, 11) is 2.05. The van der Waals surface area contributed by atoms with E-state index in [2.05, 4.69) is 13.0 Å². The summed E-state index contributed by atoms with van der Waals surface area (Å²) >= 11 is 1.69. The number of para-hydroxylation sites is 2. The highest BCUT2D eigenvalue weighted by atomic mass is 32.1. The number of nitrogens with zero attached hydrogens (tertiary/aromatic N) is 2. The zero-order valence-electron chi connectivity index (χ0n) is 13.0. The van der Waals surface area contributed by atoms with Gasteiger partial charge in [-0.05, 0) is 25.1 Å². The molecule has 0 saturated heterocycles. The number of hydrogen-bond acceptors (Lipinski definition) is 4. The van der Waals surface area contributed by atoms with Crippen LogP contribution in [-0.2, 0) is 6.54 Å². The number of rotatable bonds is 5. The van der Waals surface area contributed by atoms with Gasteiger partial charge in [0.05, 0.1) is 27.8 Å². The van der Waals surface area contributed by atoms with Crippen molar-refractivity contribution in [1.29, 1.82) is 0 Å². The van der Waals surface area contributed by atoms with E-state index in [0.29, 0.717) is 6.54 Å². The predicted molar refractivity (Wildman–Crippen MR) is 91.7 cm³/mol. The van der Waals surface area contributed by atoms with Crippen molar-refractivity contribution in [3.8, 4) is 0 Å². The monoisotopic (exact) mass is 328 g/mol. The fraction of sp³-hybridized carbons (Fsp3) is 0.235. The number of aromatic nitrogens is 1. The largest absolute Gasteiger partial charge is 0.325 e. The fourth-order valence-corrected chi connectivity index (χ4v) is 3.69. The van der Waals surface area contributed by atoms with Crippen molar-refractivity contribution >= 4 is 27.2 Å². The first-order chi connectivity index (χ1) is 11.1. The quantitative estimate of drug-likeness (QED) is 0.578. The molecular formula is C17H18N3O2S+. The maximum Gasteiger partial charge on any atom is 0.278 e. The number of thiazole rings is 1. The van der Waals surface area contributed by atoms with Gasteiger partial charge in [-0.1, -0.05) is 24.3 Å². The maximum atomic E-state index is 11.1. The van der Waals surface area contributed by atoms with Crippen molar-refractivity contribution in [2.75, 3.05) is 7.05 Å². The van der Waals surface area contributed by atoms with Crippen LogP contribution in [0.3, 0.4) is 0 Å². The Balaban J connectivity index is 1.82. The molecule has 0 radical (unpaired) electrons. The number of nitro benzene ring substituents is 1. The second-order valence-corrected chi connectivity index (χ2v) is 6.71. The minimum absolute atomic E-state index is 0.173. The number of fused-ring (bicyclic) bond motifs is 1. The summed E-state index contributed by atoms with van der Waals surface area (Å²) in [5.41, 5.74) is 1.95. The number of hydrogen-bond donors (Lipinski definition) is 1. The van der Waals surface area contributed by atoms with Crippen LogP contribution in [0.15, 0.2) is 48.5 Å². The lowest BCUT2D eigenvalue weighted by molar-refractivity contribution is -0.924. The number of nitro groups is 1. The van der Waals surface area contributed by atoms with E-state index in [4.69, 9.17) is 4.98 Å². The van der Waals surface area contributed by atoms with Gasteiger partial charge in [0.25, 0.3) is 5.69 Å². The molecule has 118 valence electrons.